The third-order valence-corrected chi connectivity index (χ3v) is 3.97. The van der Waals surface area contributed by atoms with Gasteiger partial charge < -0.3 is 4.90 Å². The Bertz CT molecular complexity index is 869. The summed E-state index contributed by atoms with van der Waals surface area (Å²) in [7, 11) is 0. The van der Waals surface area contributed by atoms with E-state index in [2.05, 4.69) is 0 Å². The summed E-state index contributed by atoms with van der Waals surface area (Å²) >= 11 is 0. The minimum Gasteiger partial charge on any atom is -0.302 e. The second kappa shape index (κ2) is 6.41. The molecule has 1 aliphatic heterocycles. The van der Waals surface area contributed by atoms with Crippen LogP contribution in [-0.4, -0.2) is 33.5 Å². The summed E-state index contributed by atoms with van der Waals surface area (Å²) in [5, 5.41) is 10.1. The molecule has 0 spiro atoms. The van der Waals surface area contributed by atoms with Gasteiger partial charge in [0.05, 0.1) is 11.1 Å². The zero-order valence-electron chi connectivity index (χ0n) is 13.1. The van der Waals surface area contributed by atoms with Crippen molar-refractivity contribution in [2.24, 2.45) is 0 Å². The molecule has 26 heavy (non-hydrogen) atoms. The molecule has 1 heterocycles. The lowest BCUT2D eigenvalue weighted by atomic mass is 10.1. The lowest BCUT2D eigenvalue weighted by molar-refractivity contribution is -0.168. The summed E-state index contributed by atoms with van der Waals surface area (Å²) in [5.41, 5.74) is -1.48. The number of alkyl halides is 3. The Morgan fingerprint density at radius 2 is 1.81 bits per heavy atom. The van der Waals surface area contributed by atoms with E-state index in [1.54, 1.807) is 0 Å². The first-order valence-electron chi connectivity index (χ1n) is 7.43. The summed E-state index contributed by atoms with van der Waals surface area (Å²) < 4.78 is 52.7. The Kier molecular flexibility index (Phi) is 4.41. The molecule has 0 aliphatic carbocycles. The molecule has 9 heteroatoms. The molecule has 1 aliphatic rings. The summed E-state index contributed by atoms with van der Waals surface area (Å²) in [6, 6.07) is 8.89. The van der Waals surface area contributed by atoms with Gasteiger partial charge in [-0.05, 0) is 29.8 Å². The average molecular weight is 368 g/mol. The van der Waals surface area contributed by atoms with Crippen LogP contribution in [0.2, 0.25) is 0 Å². The van der Waals surface area contributed by atoms with Crippen molar-refractivity contribution in [2.75, 3.05) is 6.54 Å². The molecule has 1 atom stereocenters. The molecule has 0 bridgehead atoms. The van der Waals surface area contributed by atoms with Gasteiger partial charge in [-0.1, -0.05) is 24.3 Å². The molecule has 0 radical (unpaired) electrons. The molecule has 2 aromatic rings. The maximum Gasteiger partial charge on any atom is 0.416 e. The molecular weight excluding hydrogens is 356 g/mol. The minimum absolute atomic E-state index is 0.127. The summed E-state index contributed by atoms with van der Waals surface area (Å²) in [6.07, 6.45) is -6.13. The number of halogens is 4. The zero-order valence-corrected chi connectivity index (χ0v) is 13.1. The number of nitrogens with zero attached hydrogens (tertiary/aromatic N) is 2. The first-order valence-corrected chi connectivity index (χ1v) is 7.43. The van der Waals surface area contributed by atoms with Crippen LogP contribution in [0.25, 0.3) is 0 Å². The van der Waals surface area contributed by atoms with Crippen molar-refractivity contribution in [3.63, 3.8) is 0 Å². The molecule has 5 nitrogen and oxygen atoms in total. The predicted molar refractivity (Wildman–Crippen MR) is 80.3 cm³/mol. The fraction of sp³-hybridized carbons (Fsp3) is 0.176. The normalized spacial score (nSPS) is 17.7. The van der Waals surface area contributed by atoms with Crippen molar-refractivity contribution >= 4 is 11.8 Å². The van der Waals surface area contributed by atoms with E-state index in [1.807, 2.05) is 0 Å². The van der Waals surface area contributed by atoms with Gasteiger partial charge in [0.25, 0.3) is 11.8 Å². The van der Waals surface area contributed by atoms with Gasteiger partial charge in [-0.3, -0.25) is 14.8 Å². The monoisotopic (exact) mass is 368 g/mol. The van der Waals surface area contributed by atoms with E-state index in [-0.39, 0.29) is 16.2 Å². The molecule has 0 aromatic heterocycles. The first kappa shape index (κ1) is 17.9. The molecule has 1 fully saturated rings. The molecule has 3 rings (SSSR count). The van der Waals surface area contributed by atoms with Crippen molar-refractivity contribution in [3.8, 4) is 0 Å². The molecule has 136 valence electrons. The van der Waals surface area contributed by atoms with Gasteiger partial charge in [0.1, 0.15) is 12.4 Å². The number of carbonyl (C=O) groups excluding carboxylic acids is 2. The maximum absolute atomic E-state index is 13.9. The molecule has 2 amide bonds. The second-order valence-electron chi connectivity index (χ2n) is 5.65. The number of hydrogen-bond donors (Lipinski definition) is 1. The van der Waals surface area contributed by atoms with Gasteiger partial charge in [-0.15, -0.1) is 0 Å². The number of benzene rings is 2. The van der Waals surface area contributed by atoms with E-state index < -0.39 is 42.1 Å². The highest BCUT2D eigenvalue weighted by molar-refractivity contribution is 5.98. The molecule has 2 aromatic carbocycles. The predicted octanol–water partition coefficient (Wildman–Crippen LogP) is 3.22. The van der Waals surface area contributed by atoms with Gasteiger partial charge in [0, 0.05) is 0 Å². The van der Waals surface area contributed by atoms with Crippen molar-refractivity contribution in [3.05, 3.63) is 71.0 Å². The van der Waals surface area contributed by atoms with Crippen LogP contribution in [0.4, 0.5) is 17.6 Å². The van der Waals surface area contributed by atoms with E-state index >= 15 is 0 Å². The van der Waals surface area contributed by atoms with Crippen LogP contribution in [0.1, 0.15) is 27.7 Å². The van der Waals surface area contributed by atoms with Crippen molar-refractivity contribution in [1.29, 1.82) is 0 Å². The first-order chi connectivity index (χ1) is 12.2. The lowest BCUT2D eigenvalue weighted by Gasteiger charge is -2.27. The summed E-state index contributed by atoms with van der Waals surface area (Å²) in [6.45, 7) is -0.593. The smallest absolute Gasteiger partial charge is 0.302 e. The Balaban J connectivity index is 2.03. The van der Waals surface area contributed by atoms with E-state index in [4.69, 9.17) is 0 Å². The molecule has 0 saturated carbocycles. The second-order valence-corrected chi connectivity index (χ2v) is 5.65. The Morgan fingerprint density at radius 1 is 1.12 bits per heavy atom. The van der Waals surface area contributed by atoms with Crippen molar-refractivity contribution < 1.29 is 32.4 Å². The van der Waals surface area contributed by atoms with Gasteiger partial charge in [-0.2, -0.15) is 18.2 Å². The van der Waals surface area contributed by atoms with E-state index in [9.17, 15) is 32.4 Å². The van der Waals surface area contributed by atoms with Gasteiger partial charge in [-0.25, -0.2) is 4.39 Å². The number of hydrogen-bond acceptors (Lipinski definition) is 3. The summed E-state index contributed by atoms with van der Waals surface area (Å²) in [5.74, 6) is -2.66. The number of carbonyl (C=O) groups is 2. The zero-order chi connectivity index (χ0) is 19.1. The molecule has 1 N–H and O–H groups in total. The van der Waals surface area contributed by atoms with Gasteiger partial charge in [0.15, 0.2) is 6.17 Å². The van der Waals surface area contributed by atoms with Gasteiger partial charge >= 0.3 is 6.18 Å². The van der Waals surface area contributed by atoms with Crippen LogP contribution >= 0.6 is 0 Å². The third-order valence-electron chi connectivity index (χ3n) is 3.97. The molecule has 1 saturated heterocycles. The highest BCUT2D eigenvalue weighted by atomic mass is 19.4. The van der Waals surface area contributed by atoms with E-state index in [0.717, 1.165) is 29.2 Å². The average Bonchev–Trinajstić information content (AvgIpc) is 2.89. The fourth-order valence-corrected chi connectivity index (χ4v) is 2.74. The third kappa shape index (κ3) is 3.13. The highest BCUT2D eigenvalue weighted by Gasteiger charge is 2.43. The Hall–Kier alpha value is -2.94. The SMILES string of the molecule is O=C1CN(C(=O)c2ccccc2F)C(c2cccc(C(F)(F)F)c2)N1O. The number of amides is 2. The van der Waals surface area contributed by atoms with Crippen LogP contribution in [0, 0.1) is 5.82 Å². The van der Waals surface area contributed by atoms with Gasteiger partial charge in [0.2, 0.25) is 0 Å². The fourth-order valence-electron chi connectivity index (χ4n) is 2.74. The Labute approximate surface area is 145 Å². The minimum atomic E-state index is -4.64. The van der Waals surface area contributed by atoms with Crippen molar-refractivity contribution in [1.82, 2.24) is 9.96 Å². The highest BCUT2D eigenvalue weighted by Crippen LogP contribution is 2.35. The molecule has 1 unspecified atom stereocenters. The van der Waals surface area contributed by atoms with Crippen LogP contribution in [-0.2, 0) is 11.0 Å². The van der Waals surface area contributed by atoms with Crippen molar-refractivity contribution in [2.45, 2.75) is 12.3 Å². The maximum atomic E-state index is 13.9. The van der Waals surface area contributed by atoms with E-state index in [1.165, 1.54) is 24.3 Å². The van der Waals surface area contributed by atoms with Crippen LogP contribution in [0.15, 0.2) is 48.5 Å². The summed E-state index contributed by atoms with van der Waals surface area (Å²) in [4.78, 5) is 25.3. The van der Waals surface area contributed by atoms with E-state index in [0.29, 0.717) is 0 Å². The standard InChI is InChI=1S/C17H12F4N2O3/c18-13-7-2-1-6-12(13)16(25)22-9-14(24)23(26)15(22)10-4-3-5-11(8-10)17(19,20)21/h1-8,15,26H,9H2. The Morgan fingerprint density at radius 3 is 2.46 bits per heavy atom. The molecular formula is C17H12F4N2O3. The van der Waals surface area contributed by atoms with Crippen LogP contribution < -0.4 is 0 Å². The van der Waals surface area contributed by atoms with Crippen LogP contribution in [0.5, 0.6) is 0 Å². The number of hydroxylamine groups is 2. The lowest BCUT2D eigenvalue weighted by Crippen LogP contribution is -2.35. The quantitative estimate of drug-likeness (QED) is 0.654. The number of rotatable bonds is 2. The topological polar surface area (TPSA) is 60.9 Å². The largest absolute Gasteiger partial charge is 0.416 e. The van der Waals surface area contributed by atoms with Crippen LogP contribution in [0.3, 0.4) is 0 Å².